The molecule has 0 aromatic carbocycles. The van der Waals surface area contributed by atoms with Gasteiger partial charge in [0.25, 0.3) is 0 Å². The van der Waals surface area contributed by atoms with Crippen LogP contribution < -0.4 is 0 Å². The predicted octanol–water partition coefficient (Wildman–Crippen LogP) is 0.0124. The summed E-state index contributed by atoms with van der Waals surface area (Å²) in [5.74, 6) is 0. The monoisotopic (exact) mass is 138 g/mol. The Balaban J connectivity index is -0.00000000500. The number of hydrogen-bond donors (Lipinski definition) is 2. The minimum Gasteiger partial charge on any atom is -0.255 e. The van der Waals surface area contributed by atoms with Gasteiger partial charge in [-0.2, -0.15) is 0 Å². The maximum Gasteiger partial charge on any atom is 0 e. The molecule has 0 rings (SSSR count). The molecule has 0 atom stereocenters. The molecule has 0 unspecified atom stereocenters. The minimum absolute atomic E-state index is 0. The van der Waals surface area contributed by atoms with Gasteiger partial charge in [-0.1, -0.05) is 0 Å². The fourth-order valence-electron chi connectivity index (χ4n) is 0. The van der Waals surface area contributed by atoms with Crippen molar-refractivity contribution in [3.05, 3.63) is 0 Å². The Morgan fingerprint density at radius 1 is 0.750 bits per heavy atom. The Morgan fingerprint density at radius 3 is 0.750 bits per heavy atom. The molecule has 26 valence electrons. The van der Waals surface area contributed by atoms with Gasteiger partial charge >= 0.3 is 0 Å². The van der Waals surface area contributed by atoms with E-state index < -0.39 is 0 Å². The molecule has 0 aromatic heterocycles. The Hall–Kier alpha value is 0.985. The molecule has 2 N–H and O–H groups in total. The molecule has 4 heteroatoms. The summed E-state index contributed by atoms with van der Waals surface area (Å²) in [4.78, 5) is 0. The molecular formula is H2Cr2O2. The van der Waals surface area contributed by atoms with Crippen molar-refractivity contribution >= 4 is 0 Å². The summed E-state index contributed by atoms with van der Waals surface area (Å²) < 4.78 is 0. The van der Waals surface area contributed by atoms with E-state index >= 15 is 0 Å². The first kappa shape index (κ1) is 20.1. The summed E-state index contributed by atoms with van der Waals surface area (Å²) in [5, 5.41) is 12.0. The smallest absolute Gasteiger partial charge is 0 e. The summed E-state index contributed by atoms with van der Waals surface area (Å²) in [6.45, 7) is 0. The van der Waals surface area contributed by atoms with Gasteiger partial charge < -0.3 is 0 Å². The normalized spacial score (nSPS) is 1.50. The van der Waals surface area contributed by atoms with Crippen LogP contribution in [0.2, 0.25) is 0 Å². The van der Waals surface area contributed by atoms with Gasteiger partial charge in [0.05, 0.1) is 0 Å². The fraction of sp³-hybridized carbons (Fsp3) is 0. The predicted molar refractivity (Wildman–Crippen MR) is 5.26 cm³/mol. The summed E-state index contributed by atoms with van der Waals surface area (Å²) >= 11 is 0. The van der Waals surface area contributed by atoms with Gasteiger partial charge in [0.15, 0.2) is 0 Å². The van der Waals surface area contributed by atoms with E-state index in [0.717, 1.165) is 0 Å². The van der Waals surface area contributed by atoms with Crippen LogP contribution in [0.25, 0.3) is 0 Å². The average Bonchev–Trinajstić information content (AvgIpc) is 1.00. The van der Waals surface area contributed by atoms with Gasteiger partial charge in [0.2, 0.25) is 0 Å². The number of rotatable bonds is 0. The topological polar surface area (TPSA) is 40.5 Å². The Bertz CT molecular complexity index is 4.00. The van der Waals surface area contributed by atoms with Crippen LogP contribution in [0.4, 0.5) is 0 Å². The third-order valence-corrected chi connectivity index (χ3v) is 0. The van der Waals surface area contributed by atoms with Crippen molar-refractivity contribution in [2.24, 2.45) is 0 Å². The SMILES string of the molecule is OO.[Cr].[Cr]. The van der Waals surface area contributed by atoms with Crippen LogP contribution in [0.1, 0.15) is 0 Å². The number of hydrogen-bond acceptors (Lipinski definition) is 2. The van der Waals surface area contributed by atoms with E-state index in [1.165, 1.54) is 0 Å². The third-order valence-electron chi connectivity index (χ3n) is 0. The molecule has 0 saturated carbocycles. The second-order valence-corrected chi connectivity index (χ2v) is 0. The molecule has 0 heterocycles. The van der Waals surface area contributed by atoms with Crippen LogP contribution in [-0.2, 0) is 34.7 Å². The molecule has 0 spiro atoms. The first-order chi connectivity index (χ1) is 1.00. The minimum atomic E-state index is 0. The first-order valence-corrected chi connectivity index (χ1v) is 0.200. The summed E-state index contributed by atoms with van der Waals surface area (Å²) in [6.07, 6.45) is 0. The van der Waals surface area contributed by atoms with Crippen molar-refractivity contribution < 1.29 is 45.2 Å². The molecule has 0 amide bonds. The van der Waals surface area contributed by atoms with E-state index in [0.29, 0.717) is 0 Å². The largest absolute Gasteiger partial charge is 0.255 e. The standard InChI is InChI=1S/2Cr.H2O2/c;;1-2/h;;1-2H. The molecule has 2 nitrogen and oxygen atoms in total. The summed E-state index contributed by atoms with van der Waals surface area (Å²) in [6, 6.07) is 0. The quantitative estimate of drug-likeness (QED) is 0.365. The van der Waals surface area contributed by atoms with Gasteiger partial charge in [-0.3, -0.25) is 10.5 Å². The van der Waals surface area contributed by atoms with Gasteiger partial charge in [0.1, 0.15) is 0 Å². The molecule has 0 saturated heterocycles. The average molecular weight is 138 g/mol. The van der Waals surface area contributed by atoms with Crippen molar-refractivity contribution in [2.45, 2.75) is 0 Å². The van der Waals surface area contributed by atoms with E-state index in [4.69, 9.17) is 10.5 Å². The van der Waals surface area contributed by atoms with Crippen molar-refractivity contribution in [1.29, 1.82) is 0 Å². The van der Waals surface area contributed by atoms with Gasteiger partial charge in [-0.15, -0.1) is 0 Å². The summed E-state index contributed by atoms with van der Waals surface area (Å²) in [5.41, 5.74) is 0. The van der Waals surface area contributed by atoms with E-state index in [1.54, 1.807) is 0 Å². The molecule has 0 aliphatic carbocycles. The van der Waals surface area contributed by atoms with E-state index in [1.807, 2.05) is 0 Å². The van der Waals surface area contributed by atoms with E-state index in [9.17, 15) is 0 Å². The summed E-state index contributed by atoms with van der Waals surface area (Å²) in [7, 11) is 0. The van der Waals surface area contributed by atoms with Crippen LogP contribution in [-0.4, -0.2) is 10.5 Å². The Kier molecular flexibility index (Phi) is 184. The molecule has 0 aliphatic heterocycles. The maximum absolute atomic E-state index is 6.00. The van der Waals surface area contributed by atoms with Gasteiger partial charge in [-0.25, -0.2) is 0 Å². The van der Waals surface area contributed by atoms with Crippen LogP contribution >= 0.6 is 0 Å². The van der Waals surface area contributed by atoms with Crippen molar-refractivity contribution in [3.8, 4) is 0 Å². The third kappa shape index (κ3) is 12.1. The van der Waals surface area contributed by atoms with Crippen LogP contribution in [0.5, 0.6) is 0 Å². The van der Waals surface area contributed by atoms with Crippen molar-refractivity contribution in [1.82, 2.24) is 0 Å². The zero-order valence-electron chi connectivity index (χ0n) is 1.71. The zero-order chi connectivity index (χ0) is 2.00. The molecule has 4 heavy (non-hydrogen) atoms. The molecular weight excluding hydrogens is 136 g/mol. The zero-order valence-corrected chi connectivity index (χ0v) is 4.26. The van der Waals surface area contributed by atoms with E-state index in [2.05, 4.69) is 0 Å². The first-order valence-electron chi connectivity index (χ1n) is 0.200. The van der Waals surface area contributed by atoms with Crippen molar-refractivity contribution in [3.63, 3.8) is 0 Å². The van der Waals surface area contributed by atoms with E-state index in [-0.39, 0.29) is 34.7 Å². The second kappa shape index (κ2) is 36.6. The molecule has 0 radical (unpaired) electrons. The van der Waals surface area contributed by atoms with Crippen molar-refractivity contribution in [2.75, 3.05) is 0 Å². The Labute approximate surface area is 45.6 Å². The second-order valence-electron chi connectivity index (χ2n) is 0. The fourth-order valence-corrected chi connectivity index (χ4v) is 0. The van der Waals surface area contributed by atoms with Crippen LogP contribution in [0, 0.1) is 0 Å². The molecule has 0 aromatic rings. The van der Waals surface area contributed by atoms with Gasteiger partial charge in [0, 0.05) is 34.7 Å². The van der Waals surface area contributed by atoms with Gasteiger partial charge in [-0.05, 0) is 0 Å². The molecule has 0 aliphatic rings. The maximum atomic E-state index is 6.00. The molecule has 0 bridgehead atoms. The van der Waals surface area contributed by atoms with Crippen LogP contribution in [0.15, 0.2) is 0 Å². The Morgan fingerprint density at radius 2 is 0.750 bits per heavy atom. The molecule has 0 fully saturated rings. The van der Waals surface area contributed by atoms with Crippen LogP contribution in [0.3, 0.4) is 0 Å².